The molecule has 1 atom stereocenters. The summed E-state index contributed by atoms with van der Waals surface area (Å²) in [7, 11) is 0. The van der Waals surface area contributed by atoms with E-state index in [1.165, 1.54) is 25.2 Å². The normalized spacial score (nSPS) is 22.1. The second kappa shape index (κ2) is 5.75. The summed E-state index contributed by atoms with van der Waals surface area (Å²) in [4.78, 5) is 6.86. The fraction of sp³-hybridized carbons (Fsp3) is 0.750. The number of aromatic nitrogens is 1. The first-order chi connectivity index (χ1) is 7.74. The average Bonchev–Trinajstić information content (AvgIpc) is 2.84. The first kappa shape index (κ1) is 12.0. The first-order valence-electron chi connectivity index (χ1n) is 6.09. The van der Waals surface area contributed by atoms with Gasteiger partial charge in [-0.05, 0) is 13.0 Å². The van der Waals surface area contributed by atoms with Crippen molar-refractivity contribution < 1.29 is 0 Å². The van der Waals surface area contributed by atoms with E-state index in [1.54, 1.807) is 11.3 Å². The minimum atomic E-state index is 0.600. The van der Waals surface area contributed by atoms with Gasteiger partial charge in [-0.2, -0.15) is 0 Å². The van der Waals surface area contributed by atoms with Crippen molar-refractivity contribution in [2.75, 3.05) is 19.6 Å². The molecule has 1 unspecified atom stereocenters. The summed E-state index contributed by atoms with van der Waals surface area (Å²) in [6.07, 6.45) is 2.38. The maximum absolute atomic E-state index is 4.32. The molecule has 2 heterocycles. The van der Waals surface area contributed by atoms with Crippen LogP contribution in [0.5, 0.6) is 0 Å². The maximum atomic E-state index is 4.32. The van der Waals surface area contributed by atoms with Crippen molar-refractivity contribution in [3.05, 3.63) is 16.6 Å². The molecule has 0 aromatic carbocycles. The standard InChI is InChI=1S/C12H21N3S/c1-10(2)14-11-3-5-15(7-11)6-4-12-8-16-9-13-12/h8-11,14H,3-7H2,1-2H3. The number of nitrogens with zero attached hydrogens (tertiary/aromatic N) is 2. The molecule has 1 fully saturated rings. The van der Waals surface area contributed by atoms with Gasteiger partial charge in [-0.3, -0.25) is 0 Å². The molecule has 1 aliphatic heterocycles. The Morgan fingerprint density at radius 2 is 2.50 bits per heavy atom. The first-order valence-corrected chi connectivity index (χ1v) is 7.04. The fourth-order valence-corrected chi connectivity index (χ4v) is 2.87. The summed E-state index contributed by atoms with van der Waals surface area (Å²) < 4.78 is 0. The largest absolute Gasteiger partial charge is 0.310 e. The highest BCUT2D eigenvalue weighted by Crippen LogP contribution is 2.11. The number of hydrogen-bond donors (Lipinski definition) is 1. The van der Waals surface area contributed by atoms with Crippen molar-refractivity contribution in [2.45, 2.75) is 38.8 Å². The highest BCUT2D eigenvalue weighted by atomic mass is 32.1. The lowest BCUT2D eigenvalue weighted by atomic mass is 10.2. The van der Waals surface area contributed by atoms with E-state index in [1.807, 2.05) is 5.51 Å². The molecule has 1 aromatic rings. The van der Waals surface area contributed by atoms with Crippen LogP contribution in [-0.4, -0.2) is 41.6 Å². The fourth-order valence-electron chi connectivity index (χ4n) is 2.28. The predicted octanol–water partition coefficient (Wildman–Crippen LogP) is 1.76. The highest BCUT2D eigenvalue weighted by Gasteiger charge is 2.22. The smallest absolute Gasteiger partial charge is 0.0794 e. The van der Waals surface area contributed by atoms with Crippen LogP contribution in [0, 0.1) is 0 Å². The van der Waals surface area contributed by atoms with Crippen LogP contribution in [-0.2, 0) is 6.42 Å². The second-order valence-corrected chi connectivity index (χ2v) is 5.56. The van der Waals surface area contributed by atoms with Gasteiger partial charge in [-0.15, -0.1) is 11.3 Å². The topological polar surface area (TPSA) is 28.2 Å². The van der Waals surface area contributed by atoms with Gasteiger partial charge in [0.2, 0.25) is 0 Å². The molecular formula is C12H21N3S. The number of nitrogens with one attached hydrogen (secondary N) is 1. The van der Waals surface area contributed by atoms with E-state index >= 15 is 0 Å². The van der Waals surface area contributed by atoms with E-state index in [2.05, 4.69) is 34.4 Å². The van der Waals surface area contributed by atoms with Crippen LogP contribution in [0.3, 0.4) is 0 Å². The van der Waals surface area contributed by atoms with Crippen molar-refractivity contribution in [1.29, 1.82) is 0 Å². The highest BCUT2D eigenvalue weighted by molar-refractivity contribution is 7.07. The summed E-state index contributed by atoms with van der Waals surface area (Å²) in [5.74, 6) is 0. The molecule has 16 heavy (non-hydrogen) atoms. The Bertz CT molecular complexity index is 297. The molecule has 0 amide bonds. The van der Waals surface area contributed by atoms with Gasteiger partial charge in [-0.25, -0.2) is 4.98 Å². The van der Waals surface area contributed by atoms with Gasteiger partial charge in [-0.1, -0.05) is 13.8 Å². The molecule has 90 valence electrons. The van der Waals surface area contributed by atoms with Gasteiger partial charge in [0, 0.05) is 37.0 Å². The lowest BCUT2D eigenvalue weighted by Crippen LogP contribution is -2.37. The summed E-state index contributed by atoms with van der Waals surface area (Å²) >= 11 is 1.69. The summed E-state index contributed by atoms with van der Waals surface area (Å²) in [6, 6.07) is 1.29. The van der Waals surface area contributed by atoms with Gasteiger partial charge in [0.15, 0.2) is 0 Å². The van der Waals surface area contributed by atoms with Crippen molar-refractivity contribution in [3.8, 4) is 0 Å². The number of hydrogen-bond acceptors (Lipinski definition) is 4. The Balaban J connectivity index is 1.69. The molecule has 1 N–H and O–H groups in total. The zero-order valence-electron chi connectivity index (χ0n) is 10.1. The third-order valence-corrected chi connectivity index (χ3v) is 3.64. The van der Waals surface area contributed by atoms with Crippen LogP contribution < -0.4 is 5.32 Å². The quantitative estimate of drug-likeness (QED) is 0.848. The maximum Gasteiger partial charge on any atom is 0.0794 e. The minimum absolute atomic E-state index is 0.600. The Morgan fingerprint density at radius 1 is 1.62 bits per heavy atom. The van der Waals surface area contributed by atoms with Crippen molar-refractivity contribution in [2.24, 2.45) is 0 Å². The third kappa shape index (κ3) is 3.54. The molecule has 0 radical (unpaired) electrons. The summed E-state index contributed by atoms with van der Waals surface area (Å²) in [5.41, 5.74) is 3.16. The molecule has 0 spiro atoms. The molecule has 3 nitrogen and oxygen atoms in total. The van der Waals surface area contributed by atoms with E-state index in [9.17, 15) is 0 Å². The predicted molar refractivity (Wildman–Crippen MR) is 68.9 cm³/mol. The lowest BCUT2D eigenvalue weighted by molar-refractivity contribution is 0.327. The Hall–Kier alpha value is -0.450. The number of likely N-dealkylation sites (tertiary alicyclic amines) is 1. The Labute approximate surface area is 102 Å². The van der Waals surface area contributed by atoms with Crippen molar-refractivity contribution in [3.63, 3.8) is 0 Å². The molecule has 0 aliphatic carbocycles. The van der Waals surface area contributed by atoms with Crippen LogP contribution >= 0.6 is 11.3 Å². The zero-order chi connectivity index (χ0) is 11.4. The van der Waals surface area contributed by atoms with E-state index in [4.69, 9.17) is 0 Å². The van der Waals surface area contributed by atoms with Crippen molar-refractivity contribution in [1.82, 2.24) is 15.2 Å². The van der Waals surface area contributed by atoms with E-state index in [0.29, 0.717) is 12.1 Å². The van der Waals surface area contributed by atoms with E-state index < -0.39 is 0 Å². The summed E-state index contributed by atoms with van der Waals surface area (Å²) in [6.45, 7) is 8.02. The Morgan fingerprint density at radius 3 is 3.19 bits per heavy atom. The molecule has 1 saturated heterocycles. The molecule has 4 heteroatoms. The molecule has 0 saturated carbocycles. The van der Waals surface area contributed by atoms with Gasteiger partial charge >= 0.3 is 0 Å². The van der Waals surface area contributed by atoms with E-state index in [0.717, 1.165) is 13.0 Å². The molecule has 2 rings (SSSR count). The van der Waals surface area contributed by atoms with Gasteiger partial charge in [0.1, 0.15) is 0 Å². The number of rotatable bonds is 5. The Kier molecular flexibility index (Phi) is 4.32. The van der Waals surface area contributed by atoms with E-state index in [-0.39, 0.29) is 0 Å². The van der Waals surface area contributed by atoms with Gasteiger partial charge in [0.25, 0.3) is 0 Å². The monoisotopic (exact) mass is 239 g/mol. The minimum Gasteiger partial charge on any atom is -0.310 e. The molecule has 0 bridgehead atoms. The van der Waals surface area contributed by atoms with Crippen LogP contribution in [0.25, 0.3) is 0 Å². The SMILES string of the molecule is CC(C)NC1CCN(CCc2cscn2)C1. The molecule has 1 aliphatic rings. The van der Waals surface area contributed by atoms with Crippen LogP contribution in [0.4, 0.5) is 0 Å². The second-order valence-electron chi connectivity index (χ2n) is 4.84. The van der Waals surface area contributed by atoms with Crippen LogP contribution in [0.2, 0.25) is 0 Å². The zero-order valence-corrected chi connectivity index (χ0v) is 11.0. The van der Waals surface area contributed by atoms with Gasteiger partial charge < -0.3 is 10.2 Å². The average molecular weight is 239 g/mol. The van der Waals surface area contributed by atoms with Gasteiger partial charge in [0.05, 0.1) is 11.2 Å². The molecular weight excluding hydrogens is 218 g/mol. The van der Waals surface area contributed by atoms with Crippen molar-refractivity contribution >= 4 is 11.3 Å². The number of thiazole rings is 1. The summed E-state index contributed by atoms with van der Waals surface area (Å²) in [5, 5.41) is 5.76. The lowest BCUT2D eigenvalue weighted by Gasteiger charge is -2.17. The van der Waals surface area contributed by atoms with Crippen LogP contribution in [0.15, 0.2) is 10.9 Å². The molecule has 1 aromatic heterocycles. The van der Waals surface area contributed by atoms with Crippen LogP contribution in [0.1, 0.15) is 26.0 Å². The third-order valence-electron chi connectivity index (χ3n) is 3.01.